The molecule has 4 heteroatoms. The first kappa shape index (κ1) is 10.2. The van der Waals surface area contributed by atoms with Gasteiger partial charge in [0.25, 0.3) is 0 Å². The van der Waals surface area contributed by atoms with Crippen molar-refractivity contribution in [2.75, 3.05) is 0 Å². The summed E-state index contributed by atoms with van der Waals surface area (Å²) in [4.78, 5) is 14.2. The summed E-state index contributed by atoms with van der Waals surface area (Å²) in [5.41, 5.74) is 7.82. The molecule has 0 saturated heterocycles. The van der Waals surface area contributed by atoms with Crippen molar-refractivity contribution in [3.8, 4) is 0 Å². The zero-order valence-electron chi connectivity index (χ0n) is 8.11. The van der Waals surface area contributed by atoms with E-state index < -0.39 is 11.8 Å². The summed E-state index contributed by atoms with van der Waals surface area (Å²) in [6.07, 6.45) is 0. The van der Waals surface area contributed by atoms with Crippen LogP contribution in [-0.2, 0) is 4.79 Å². The second-order valence-corrected chi connectivity index (χ2v) is 3.09. The van der Waals surface area contributed by atoms with E-state index in [-0.39, 0.29) is 0 Å². The first-order valence-electron chi connectivity index (χ1n) is 4.15. The topological polar surface area (TPSA) is 75.7 Å². The first-order valence-corrected chi connectivity index (χ1v) is 4.15. The van der Waals surface area contributed by atoms with E-state index in [1.165, 1.54) is 0 Å². The standard InChI is InChI=1S/C10H12N2O2/c1-6-3-4-8(7(2)5-6)12-9(11)10(13)14/h3-5H,1-2H3,(H2,11,12)(H,13,14). The molecule has 1 rings (SSSR count). The van der Waals surface area contributed by atoms with Crippen molar-refractivity contribution < 1.29 is 9.90 Å². The molecule has 0 spiro atoms. The lowest BCUT2D eigenvalue weighted by Gasteiger charge is -2.01. The van der Waals surface area contributed by atoms with Crippen LogP contribution in [0.1, 0.15) is 11.1 Å². The zero-order chi connectivity index (χ0) is 10.7. The van der Waals surface area contributed by atoms with Crippen molar-refractivity contribution in [3.05, 3.63) is 29.3 Å². The van der Waals surface area contributed by atoms with Crippen molar-refractivity contribution in [2.24, 2.45) is 10.7 Å². The Morgan fingerprint density at radius 1 is 1.43 bits per heavy atom. The van der Waals surface area contributed by atoms with Gasteiger partial charge in [0, 0.05) is 0 Å². The number of nitrogens with zero attached hydrogens (tertiary/aromatic N) is 1. The molecule has 14 heavy (non-hydrogen) atoms. The van der Waals surface area contributed by atoms with Crippen LogP contribution in [0, 0.1) is 13.8 Å². The quantitative estimate of drug-likeness (QED) is 0.521. The number of hydrogen-bond acceptors (Lipinski definition) is 2. The highest BCUT2D eigenvalue weighted by molar-refractivity contribution is 6.34. The largest absolute Gasteiger partial charge is 0.475 e. The van der Waals surface area contributed by atoms with Crippen LogP contribution in [0.2, 0.25) is 0 Å². The smallest absolute Gasteiger partial charge is 0.371 e. The number of carboxylic acid groups (broad SMARTS) is 1. The Balaban J connectivity index is 3.09. The number of hydrogen-bond donors (Lipinski definition) is 2. The number of aliphatic imine (C=N–C) groups is 1. The van der Waals surface area contributed by atoms with E-state index >= 15 is 0 Å². The Morgan fingerprint density at radius 3 is 2.57 bits per heavy atom. The molecule has 1 aromatic rings. The Labute approximate surface area is 82.1 Å². The Kier molecular flexibility index (Phi) is 2.86. The van der Waals surface area contributed by atoms with E-state index in [9.17, 15) is 4.79 Å². The fourth-order valence-electron chi connectivity index (χ4n) is 1.11. The van der Waals surface area contributed by atoms with Gasteiger partial charge in [0.05, 0.1) is 5.69 Å². The molecule has 3 N–H and O–H groups in total. The van der Waals surface area contributed by atoms with Crippen molar-refractivity contribution in [1.29, 1.82) is 0 Å². The van der Waals surface area contributed by atoms with Gasteiger partial charge >= 0.3 is 5.97 Å². The van der Waals surface area contributed by atoms with Gasteiger partial charge in [-0.2, -0.15) is 0 Å². The molecule has 0 aliphatic carbocycles. The van der Waals surface area contributed by atoms with Crippen LogP contribution < -0.4 is 5.73 Å². The second kappa shape index (κ2) is 3.91. The summed E-state index contributed by atoms with van der Waals surface area (Å²) in [6.45, 7) is 3.82. The molecular formula is C10H12N2O2. The van der Waals surface area contributed by atoms with Gasteiger partial charge in [-0.05, 0) is 25.5 Å². The fourth-order valence-corrected chi connectivity index (χ4v) is 1.11. The summed E-state index contributed by atoms with van der Waals surface area (Å²) < 4.78 is 0. The van der Waals surface area contributed by atoms with Crippen LogP contribution in [0.5, 0.6) is 0 Å². The van der Waals surface area contributed by atoms with Crippen LogP contribution >= 0.6 is 0 Å². The molecule has 0 unspecified atom stereocenters. The summed E-state index contributed by atoms with van der Waals surface area (Å²) in [5.74, 6) is -1.60. The second-order valence-electron chi connectivity index (χ2n) is 3.09. The number of rotatable bonds is 1. The molecule has 0 radical (unpaired) electrons. The molecule has 0 aliphatic rings. The van der Waals surface area contributed by atoms with Gasteiger partial charge in [0.1, 0.15) is 0 Å². The van der Waals surface area contributed by atoms with Crippen LogP contribution in [0.25, 0.3) is 0 Å². The normalized spacial score (nSPS) is 11.4. The van der Waals surface area contributed by atoms with E-state index in [0.29, 0.717) is 5.69 Å². The predicted molar refractivity (Wildman–Crippen MR) is 54.8 cm³/mol. The molecule has 0 aromatic heterocycles. The molecular weight excluding hydrogens is 180 g/mol. The molecule has 4 nitrogen and oxygen atoms in total. The lowest BCUT2D eigenvalue weighted by atomic mass is 10.1. The maximum absolute atomic E-state index is 10.4. The summed E-state index contributed by atoms with van der Waals surface area (Å²) in [6, 6.07) is 5.54. The van der Waals surface area contributed by atoms with Gasteiger partial charge in [-0.25, -0.2) is 9.79 Å². The van der Waals surface area contributed by atoms with Gasteiger partial charge in [0.2, 0.25) is 5.84 Å². The predicted octanol–water partition coefficient (Wildman–Crippen LogP) is 1.38. The third kappa shape index (κ3) is 2.32. The maximum Gasteiger partial charge on any atom is 0.371 e. The van der Waals surface area contributed by atoms with Gasteiger partial charge in [0.15, 0.2) is 0 Å². The number of aliphatic carboxylic acids is 1. The Morgan fingerprint density at radius 2 is 2.07 bits per heavy atom. The van der Waals surface area contributed by atoms with Crippen LogP contribution in [-0.4, -0.2) is 16.9 Å². The van der Waals surface area contributed by atoms with Crippen molar-refractivity contribution in [1.82, 2.24) is 0 Å². The summed E-state index contributed by atoms with van der Waals surface area (Å²) in [7, 11) is 0. The number of amidine groups is 1. The number of aryl methyl sites for hydroxylation is 2. The molecule has 0 saturated carbocycles. The molecule has 74 valence electrons. The molecule has 0 aliphatic heterocycles. The molecule has 0 bridgehead atoms. The van der Waals surface area contributed by atoms with E-state index in [0.717, 1.165) is 11.1 Å². The lowest BCUT2D eigenvalue weighted by molar-refractivity contribution is -0.129. The highest BCUT2D eigenvalue weighted by Crippen LogP contribution is 2.19. The molecule has 0 atom stereocenters. The SMILES string of the molecule is Cc1ccc(N=C(N)C(=O)O)c(C)c1. The monoisotopic (exact) mass is 192 g/mol. The van der Waals surface area contributed by atoms with Crippen molar-refractivity contribution in [2.45, 2.75) is 13.8 Å². The highest BCUT2D eigenvalue weighted by Gasteiger charge is 2.04. The number of nitrogens with two attached hydrogens (primary N) is 1. The van der Waals surface area contributed by atoms with Gasteiger partial charge in [-0.1, -0.05) is 17.7 Å². The van der Waals surface area contributed by atoms with Crippen LogP contribution in [0.3, 0.4) is 0 Å². The van der Waals surface area contributed by atoms with Crippen molar-refractivity contribution >= 4 is 17.5 Å². The lowest BCUT2D eigenvalue weighted by Crippen LogP contribution is -2.22. The third-order valence-electron chi connectivity index (χ3n) is 1.81. The molecule has 0 fully saturated rings. The first-order chi connectivity index (χ1) is 6.50. The zero-order valence-corrected chi connectivity index (χ0v) is 8.11. The number of carboxylic acids is 1. The minimum absolute atomic E-state index is 0.392. The van der Waals surface area contributed by atoms with E-state index in [1.807, 2.05) is 26.0 Å². The Bertz CT molecular complexity index is 397. The minimum Gasteiger partial charge on any atom is -0.475 e. The van der Waals surface area contributed by atoms with Gasteiger partial charge in [-0.15, -0.1) is 0 Å². The third-order valence-corrected chi connectivity index (χ3v) is 1.81. The van der Waals surface area contributed by atoms with Gasteiger partial charge < -0.3 is 10.8 Å². The molecule has 0 heterocycles. The van der Waals surface area contributed by atoms with E-state index in [1.54, 1.807) is 6.07 Å². The van der Waals surface area contributed by atoms with Crippen LogP contribution in [0.15, 0.2) is 23.2 Å². The maximum atomic E-state index is 10.4. The highest BCUT2D eigenvalue weighted by atomic mass is 16.4. The molecule has 1 aromatic carbocycles. The minimum atomic E-state index is -1.20. The average molecular weight is 192 g/mol. The fraction of sp³-hybridized carbons (Fsp3) is 0.200. The van der Waals surface area contributed by atoms with E-state index in [4.69, 9.17) is 10.8 Å². The van der Waals surface area contributed by atoms with Crippen LogP contribution in [0.4, 0.5) is 5.69 Å². The van der Waals surface area contributed by atoms with E-state index in [2.05, 4.69) is 4.99 Å². The summed E-state index contributed by atoms with van der Waals surface area (Å²) >= 11 is 0. The molecule has 0 amide bonds. The number of benzene rings is 1. The van der Waals surface area contributed by atoms with Gasteiger partial charge in [-0.3, -0.25) is 0 Å². The van der Waals surface area contributed by atoms with Crippen molar-refractivity contribution in [3.63, 3.8) is 0 Å². The summed E-state index contributed by atoms with van der Waals surface area (Å²) in [5, 5.41) is 8.53. The average Bonchev–Trinajstić information content (AvgIpc) is 2.09. The Hall–Kier alpha value is -1.84. The number of carbonyl (C=O) groups is 1.